The van der Waals surface area contributed by atoms with Gasteiger partial charge < -0.3 is 4.84 Å². The van der Waals surface area contributed by atoms with Crippen molar-refractivity contribution in [3.63, 3.8) is 0 Å². The summed E-state index contributed by atoms with van der Waals surface area (Å²) in [4.78, 5) is 39.8. The molecule has 2 amide bonds. The van der Waals surface area contributed by atoms with E-state index in [2.05, 4.69) is 8.75 Å². The number of carbonyl (C=O) groups is 3. The monoisotopic (exact) mass is 303 g/mol. The van der Waals surface area contributed by atoms with Crippen LogP contribution in [0.3, 0.4) is 0 Å². The van der Waals surface area contributed by atoms with Gasteiger partial charge in [0.25, 0.3) is 11.8 Å². The molecule has 0 radical (unpaired) electrons. The average molecular weight is 303 g/mol. The maximum Gasteiger partial charge on any atom is 0.385 e. The van der Waals surface area contributed by atoms with E-state index in [9.17, 15) is 14.4 Å². The average Bonchev–Trinajstić information content (AvgIpc) is 3.10. The Kier molecular flexibility index (Phi) is 3.44. The lowest BCUT2D eigenvalue weighted by Crippen LogP contribution is -2.32. The first-order valence-electron chi connectivity index (χ1n) is 6.13. The van der Waals surface area contributed by atoms with Crippen LogP contribution in [0.15, 0.2) is 30.3 Å². The summed E-state index contributed by atoms with van der Waals surface area (Å²) in [6.45, 7) is 0. The van der Waals surface area contributed by atoms with Crippen molar-refractivity contribution in [2.75, 3.05) is 0 Å². The summed E-state index contributed by atoms with van der Waals surface area (Å²) in [7, 11) is 0. The summed E-state index contributed by atoms with van der Waals surface area (Å²) < 4.78 is 7.95. The standard InChI is InChI=1S/C13H9N3O4S/c17-9-6-7-10(18)16(9)20-13(19)12-11(14-21-15-12)8-4-2-1-3-5-8/h1-5H,6-7H2. The van der Waals surface area contributed by atoms with Crippen molar-refractivity contribution in [1.29, 1.82) is 0 Å². The van der Waals surface area contributed by atoms with Crippen LogP contribution in [0.4, 0.5) is 0 Å². The Morgan fingerprint density at radius 2 is 1.76 bits per heavy atom. The Morgan fingerprint density at radius 3 is 2.43 bits per heavy atom. The smallest absolute Gasteiger partial charge is 0.323 e. The van der Waals surface area contributed by atoms with Gasteiger partial charge in [0.15, 0.2) is 5.69 Å². The lowest BCUT2D eigenvalue weighted by atomic mass is 10.1. The molecule has 1 fully saturated rings. The van der Waals surface area contributed by atoms with E-state index < -0.39 is 17.8 Å². The van der Waals surface area contributed by atoms with Crippen LogP contribution in [-0.2, 0) is 14.4 Å². The third-order valence-electron chi connectivity index (χ3n) is 2.91. The second-order valence-corrected chi connectivity index (χ2v) is 4.82. The minimum absolute atomic E-state index is 0.0151. The van der Waals surface area contributed by atoms with Gasteiger partial charge in [-0.15, -0.1) is 5.06 Å². The predicted octanol–water partition coefficient (Wildman–Crippen LogP) is 1.43. The summed E-state index contributed by atoms with van der Waals surface area (Å²) >= 11 is 0.860. The Labute approximate surface area is 123 Å². The van der Waals surface area contributed by atoms with Crippen molar-refractivity contribution in [1.82, 2.24) is 13.8 Å². The third kappa shape index (κ3) is 2.52. The highest BCUT2D eigenvalue weighted by molar-refractivity contribution is 6.99. The van der Waals surface area contributed by atoms with E-state index in [1.807, 2.05) is 6.07 Å². The molecule has 0 bridgehead atoms. The Morgan fingerprint density at radius 1 is 1.10 bits per heavy atom. The van der Waals surface area contributed by atoms with Crippen LogP contribution in [0.1, 0.15) is 23.3 Å². The Balaban J connectivity index is 1.85. The SMILES string of the molecule is O=C(ON1C(=O)CCC1=O)c1nsnc1-c1ccccc1. The van der Waals surface area contributed by atoms with Gasteiger partial charge in [0, 0.05) is 18.4 Å². The molecule has 3 rings (SSSR count). The minimum Gasteiger partial charge on any atom is -0.323 e. The van der Waals surface area contributed by atoms with Gasteiger partial charge in [-0.2, -0.15) is 8.75 Å². The molecule has 0 unspecified atom stereocenters. The van der Waals surface area contributed by atoms with Gasteiger partial charge in [0.05, 0.1) is 11.7 Å². The summed E-state index contributed by atoms with van der Waals surface area (Å²) in [5.74, 6) is -1.93. The van der Waals surface area contributed by atoms with Crippen LogP contribution in [0.5, 0.6) is 0 Å². The molecule has 0 N–H and O–H groups in total. The number of hydroxylamine groups is 2. The van der Waals surface area contributed by atoms with Crippen LogP contribution >= 0.6 is 11.7 Å². The zero-order valence-corrected chi connectivity index (χ0v) is 11.5. The number of benzene rings is 1. The summed E-state index contributed by atoms with van der Waals surface area (Å²) in [6, 6.07) is 9.00. The van der Waals surface area contributed by atoms with Gasteiger partial charge in [-0.3, -0.25) is 9.59 Å². The van der Waals surface area contributed by atoms with Crippen molar-refractivity contribution in [3.8, 4) is 11.3 Å². The number of amides is 2. The van der Waals surface area contributed by atoms with Crippen molar-refractivity contribution in [2.45, 2.75) is 12.8 Å². The highest BCUT2D eigenvalue weighted by Crippen LogP contribution is 2.23. The van der Waals surface area contributed by atoms with Crippen molar-refractivity contribution in [2.24, 2.45) is 0 Å². The van der Waals surface area contributed by atoms with Gasteiger partial charge in [-0.25, -0.2) is 4.79 Å². The number of carbonyl (C=O) groups excluding carboxylic acids is 3. The molecule has 0 spiro atoms. The molecular weight excluding hydrogens is 294 g/mol. The molecule has 2 heterocycles. The molecule has 2 aromatic rings. The maximum atomic E-state index is 12.1. The highest BCUT2D eigenvalue weighted by Gasteiger charge is 2.34. The minimum atomic E-state index is -0.869. The van der Waals surface area contributed by atoms with Crippen molar-refractivity contribution < 1.29 is 19.2 Å². The van der Waals surface area contributed by atoms with Gasteiger partial charge in [0.2, 0.25) is 0 Å². The summed E-state index contributed by atoms with van der Waals surface area (Å²) in [5, 5.41) is 0.496. The van der Waals surface area contributed by atoms with Gasteiger partial charge in [0.1, 0.15) is 5.69 Å². The zero-order valence-electron chi connectivity index (χ0n) is 10.7. The van der Waals surface area contributed by atoms with Gasteiger partial charge >= 0.3 is 5.97 Å². The van der Waals surface area contributed by atoms with Gasteiger partial charge in [-0.1, -0.05) is 30.3 Å². The Hall–Kier alpha value is -2.61. The van der Waals surface area contributed by atoms with E-state index in [0.717, 1.165) is 11.7 Å². The van der Waals surface area contributed by atoms with E-state index in [4.69, 9.17) is 4.84 Å². The number of rotatable bonds is 3. The fourth-order valence-corrected chi connectivity index (χ4v) is 2.45. The second-order valence-electron chi connectivity index (χ2n) is 4.29. The fourth-order valence-electron chi connectivity index (χ4n) is 1.89. The largest absolute Gasteiger partial charge is 0.385 e. The number of hydrogen-bond donors (Lipinski definition) is 0. The molecule has 0 aliphatic carbocycles. The van der Waals surface area contributed by atoms with E-state index in [-0.39, 0.29) is 18.5 Å². The van der Waals surface area contributed by atoms with Crippen LogP contribution in [0.2, 0.25) is 0 Å². The van der Waals surface area contributed by atoms with E-state index in [1.54, 1.807) is 24.3 Å². The summed E-state index contributed by atoms with van der Waals surface area (Å²) in [6.07, 6.45) is 0.0972. The molecular formula is C13H9N3O4S. The fraction of sp³-hybridized carbons (Fsp3) is 0.154. The zero-order chi connectivity index (χ0) is 14.8. The third-order valence-corrected chi connectivity index (χ3v) is 3.44. The predicted molar refractivity (Wildman–Crippen MR) is 71.8 cm³/mol. The molecule has 21 heavy (non-hydrogen) atoms. The lowest BCUT2D eigenvalue weighted by Gasteiger charge is -2.11. The molecule has 0 saturated carbocycles. The maximum absolute atomic E-state index is 12.1. The van der Waals surface area contributed by atoms with Crippen LogP contribution in [-0.4, -0.2) is 31.6 Å². The lowest BCUT2D eigenvalue weighted by molar-refractivity contribution is -0.172. The number of imide groups is 1. The quantitative estimate of drug-likeness (QED) is 0.797. The molecule has 1 aliphatic heterocycles. The number of aromatic nitrogens is 2. The molecule has 106 valence electrons. The molecule has 1 aromatic heterocycles. The molecule has 1 saturated heterocycles. The first-order valence-corrected chi connectivity index (χ1v) is 6.86. The van der Waals surface area contributed by atoms with E-state index in [0.29, 0.717) is 16.3 Å². The van der Waals surface area contributed by atoms with Crippen molar-refractivity contribution >= 4 is 29.5 Å². The molecule has 1 aliphatic rings. The van der Waals surface area contributed by atoms with Crippen LogP contribution < -0.4 is 0 Å². The van der Waals surface area contributed by atoms with Gasteiger partial charge in [-0.05, 0) is 0 Å². The second kappa shape index (κ2) is 5.41. The number of hydrogen-bond acceptors (Lipinski definition) is 7. The van der Waals surface area contributed by atoms with E-state index >= 15 is 0 Å². The van der Waals surface area contributed by atoms with E-state index in [1.165, 1.54) is 0 Å². The molecule has 0 atom stereocenters. The topological polar surface area (TPSA) is 89.5 Å². The van der Waals surface area contributed by atoms with Crippen LogP contribution in [0.25, 0.3) is 11.3 Å². The summed E-state index contributed by atoms with van der Waals surface area (Å²) in [5.41, 5.74) is 1.06. The normalized spacial score (nSPS) is 14.6. The Bertz CT molecular complexity index is 697. The molecule has 7 nitrogen and oxygen atoms in total. The highest BCUT2D eigenvalue weighted by atomic mass is 32.1. The van der Waals surface area contributed by atoms with Crippen molar-refractivity contribution in [3.05, 3.63) is 36.0 Å². The number of nitrogens with zero attached hydrogens (tertiary/aromatic N) is 3. The first-order chi connectivity index (χ1) is 10.2. The molecule has 8 heteroatoms. The first kappa shape index (κ1) is 13.4. The van der Waals surface area contributed by atoms with Crippen LogP contribution in [0, 0.1) is 0 Å². The molecule has 1 aromatic carbocycles.